The van der Waals surface area contributed by atoms with Gasteiger partial charge in [-0.1, -0.05) is 18.7 Å². The van der Waals surface area contributed by atoms with Crippen molar-refractivity contribution < 1.29 is 8.42 Å². The van der Waals surface area contributed by atoms with Crippen LogP contribution < -0.4 is 10.0 Å². The van der Waals surface area contributed by atoms with E-state index in [1.165, 1.54) is 11.8 Å². The number of hydrogen-bond donors (Lipinski definition) is 2. The van der Waals surface area contributed by atoms with Crippen LogP contribution in [0.3, 0.4) is 0 Å². The molecule has 0 saturated heterocycles. The fourth-order valence-electron chi connectivity index (χ4n) is 2.66. The van der Waals surface area contributed by atoms with Crippen molar-refractivity contribution in [1.82, 2.24) is 29.2 Å². The molecule has 0 spiro atoms. The first-order chi connectivity index (χ1) is 13.8. The van der Waals surface area contributed by atoms with Crippen molar-refractivity contribution in [3.8, 4) is 0 Å². The Morgan fingerprint density at radius 2 is 1.90 bits per heavy atom. The van der Waals surface area contributed by atoms with Crippen molar-refractivity contribution in [2.24, 2.45) is 0 Å². The van der Waals surface area contributed by atoms with Crippen LogP contribution in [0.2, 0.25) is 0 Å². The number of aromatic nitrogens is 4. The Labute approximate surface area is 175 Å². The number of nitrogens with one attached hydrogen (secondary N) is 2. The van der Waals surface area contributed by atoms with Gasteiger partial charge in [0, 0.05) is 24.3 Å². The molecular weight excluding hydrogens is 410 g/mol. The van der Waals surface area contributed by atoms with E-state index in [0.29, 0.717) is 29.9 Å². The molecule has 0 atom stereocenters. The molecular formula is C18H25N7O2S2. The number of aryl methyl sites for hydroxylation is 1. The van der Waals surface area contributed by atoms with Crippen LogP contribution in [-0.4, -0.2) is 66.3 Å². The largest absolute Gasteiger partial charge is 0.324 e. The molecule has 0 unspecified atom stereocenters. The van der Waals surface area contributed by atoms with E-state index >= 15 is 0 Å². The van der Waals surface area contributed by atoms with Crippen LogP contribution in [0, 0.1) is 0 Å². The second-order valence-corrected chi connectivity index (χ2v) is 9.18. The van der Waals surface area contributed by atoms with Gasteiger partial charge in [-0.05, 0) is 51.0 Å². The molecule has 11 heteroatoms. The highest BCUT2D eigenvalue weighted by molar-refractivity contribution is 7.98. The number of anilines is 2. The van der Waals surface area contributed by atoms with Gasteiger partial charge in [-0.2, -0.15) is 14.6 Å². The van der Waals surface area contributed by atoms with Crippen molar-refractivity contribution in [2.45, 2.75) is 23.4 Å². The van der Waals surface area contributed by atoms with Gasteiger partial charge in [0.2, 0.25) is 16.0 Å². The maximum Gasteiger partial charge on any atom is 0.240 e. The van der Waals surface area contributed by atoms with E-state index in [-0.39, 0.29) is 4.90 Å². The van der Waals surface area contributed by atoms with Gasteiger partial charge in [-0.3, -0.25) is 0 Å². The van der Waals surface area contributed by atoms with Crippen molar-refractivity contribution in [3.63, 3.8) is 0 Å². The predicted molar refractivity (Wildman–Crippen MR) is 115 cm³/mol. The van der Waals surface area contributed by atoms with E-state index in [4.69, 9.17) is 0 Å². The Bertz CT molecular complexity index is 1080. The molecule has 2 aromatic heterocycles. The molecule has 1 aromatic carbocycles. The maximum absolute atomic E-state index is 12.4. The van der Waals surface area contributed by atoms with Crippen LogP contribution in [0.25, 0.3) is 5.65 Å². The molecule has 0 radical (unpaired) electrons. The van der Waals surface area contributed by atoms with Crippen LogP contribution in [0.1, 0.15) is 12.5 Å². The highest BCUT2D eigenvalue weighted by Crippen LogP contribution is 2.22. The molecule has 0 saturated carbocycles. The molecule has 0 aliphatic carbocycles. The summed E-state index contributed by atoms with van der Waals surface area (Å²) in [4.78, 5) is 11.2. The lowest BCUT2D eigenvalue weighted by molar-refractivity contribution is 0.412. The Balaban J connectivity index is 1.82. The summed E-state index contributed by atoms with van der Waals surface area (Å²) < 4.78 is 29.0. The molecule has 2 heterocycles. The Morgan fingerprint density at radius 1 is 1.17 bits per heavy atom. The van der Waals surface area contributed by atoms with Crippen LogP contribution in [0.4, 0.5) is 11.6 Å². The van der Waals surface area contributed by atoms with E-state index in [1.807, 2.05) is 25.3 Å². The van der Waals surface area contributed by atoms with Gasteiger partial charge in [0.05, 0.1) is 11.1 Å². The second kappa shape index (κ2) is 9.08. The van der Waals surface area contributed by atoms with Gasteiger partial charge in [0.25, 0.3) is 0 Å². The first-order valence-electron chi connectivity index (χ1n) is 9.14. The molecule has 0 amide bonds. The first kappa shape index (κ1) is 21.5. The molecule has 29 heavy (non-hydrogen) atoms. The topological polar surface area (TPSA) is 105 Å². The minimum absolute atomic E-state index is 0.215. The third-order valence-electron chi connectivity index (χ3n) is 4.26. The molecule has 0 fully saturated rings. The second-order valence-electron chi connectivity index (χ2n) is 6.64. The molecule has 9 nitrogen and oxygen atoms in total. The lowest BCUT2D eigenvalue weighted by Gasteiger charge is -2.12. The summed E-state index contributed by atoms with van der Waals surface area (Å²) in [6.45, 7) is 3.03. The average Bonchev–Trinajstić information content (AvgIpc) is 3.11. The van der Waals surface area contributed by atoms with Gasteiger partial charge < -0.3 is 10.2 Å². The minimum atomic E-state index is -3.54. The number of thioether (sulfide) groups is 1. The number of likely N-dealkylation sites (N-methyl/N-ethyl adjacent to an activating group) is 1. The first-order valence-corrected chi connectivity index (χ1v) is 11.8. The predicted octanol–water partition coefficient (Wildman–Crippen LogP) is 1.99. The van der Waals surface area contributed by atoms with Crippen molar-refractivity contribution in [2.75, 3.05) is 38.8 Å². The molecule has 0 bridgehead atoms. The van der Waals surface area contributed by atoms with E-state index in [1.54, 1.807) is 35.0 Å². The molecule has 3 aromatic rings. The summed E-state index contributed by atoms with van der Waals surface area (Å²) in [6, 6.07) is 6.54. The van der Waals surface area contributed by atoms with Crippen LogP contribution in [0.15, 0.2) is 40.5 Å². The smallest absolute Gasteiger partial charge is 0.240 e. The van der Waals surface area contributed by atoms with Crippen LogP contribution in [-0.2, 0) is 16.4 Å². The third-order valence-corrected chi connectivity index (χ3v) is 6.28. The van der Waals surface area contributed by atoms with E-state index < -0.39 is 10.0 Å². The monoisotopic (exact) mass is 435 g/mol. The summed E-state index contributed by atoms with van der Waals surface area (Å²) in [5.74, 6) is 0.527. The zero-order chi connectivity index (χ0) is 21.0. The highest BCUT2D eigenvalue weighted by Gasteiger charge is 2.15. The van der Waals surface area contributed by atoms with Crippen LogP contribution in [0.5, 0.6) is 0 Å². The third kappa shape index (κ3) is 5.04. The fraction of sp³-hybridized carbons (Fsp3) is 0.389. The zero-order valence-corrected chi connectivity index (χ0v) is 18.5. The standard InChI is InChI=1S/C18H25N7O2S2/c1-5-13-12-19-25-16(13)22-18(28-4)23-17(25)21-14-6-8-15(9-7-14)29(26,27)20-10-11-24(2)3/h6-9,12,20H,5,10-11H2,1-4H3,(H,21,22,23). The molecule has 156 valence electrons. The quantitative estimate of drug-likeness (QED) is 0.492. The van der Waals surface area contributed by atoms with Gasteiger partial charge in [-0.25, -0.2) is 18.1 Å². The normalized spacial score (nSPS) is 12.0. The number of benzene rings is 1. The molecule has 2 N–H and O–H groups in total. The Hall–Kier alpha value is -2.21. The molecule has 3 rings (SSSR count). The van der Waals surface area contributed by atoms with E-state index in [0.717, 1.165) is 17.6 Å². The van der Waals surface area contributed by atoms with E-state index in [2.05, 4.69) is 32.0 Å². The Morgan fingerprint density at radius 3 is 2.52 bits per heavy atom. The summed E-state index contributed by atoms with van der Waals surface area (Å²) in [7, 11) is 0.245. The van der Waals surface area contributed by atoms with E-state index in [9.17, 15) is 8.42 Å². The van der Waals surface area contributed by atoms with Gasteiger partial charge in [0.1, 0.15) is 0 Å². The van der Waals surface area contributed by atoms with Gasteiger partial charge in [0.15, 0.2) is 10.8 Å². The number of sulfonamides is 1. The van der Waals surface area contributed by atoms with Crippen molar-refractivity contribution in [3.05, 3.63) is 36.0 Å². The number of nitrogens with zero attached hydrogens (tertiary/aromatic N) is 5. The highest BCUT2D eigenvalue weighted by atomic mass is 32.2. The average molecular weight is 436 g/mol. The number of fused-ring (bicyclic) bond motifs is 1. The fourth-order valence-corrected chi connectivity index (χ4v) is 4.04. The van der Waals surface area contributed by atoms with Crippen molar-refractivity contribution in [1.29, 1.82) is 0 Å². The maximum atomic E-state index is 12.4. The summed E-state index contributed by atoms with van der Waals surface area (Å²) >= 11 is 1.45. The summed E-state index contributed by atoms with van der Waals surface area (Å²) in [5.41, 5.74) is 2.51. The SMILES string of the molecule is CCc1cnn2c(Nc3ccc(S(=O)(=O)NCCN(C)C)cc3)nc(SC)nc12. The van der Waals surface area contributed by atoms with Crippen molar-refractivity contribution >= 4 is 39.1 Å². The lowest BCUT2D eigenvalue weighted by atomic mass is 10.3. The summed E-state index contributed by atoms with van der Waals surface area (Å²) in [5, 5.41) is 8.22. The zero-order valence-electron chi connectivity index (χ0n) is 16.9. The van der Waals surface area contributed by atoms with Crippen LogP contribution >= 0.6 is 11.8 Å². The van der Waals surface area contributed by atoms with Gasteiger partial charge in [-0.15, -0.1) is 0 Å². The Kier molecular flexibility index (Phi) is 6.73. The molecule has 0 aliphatic heterocycles. The number of rotatable bonds is 9. The van der Waals surface area contributed by atoms with Gasteiger partial charge >= 0.3 is 0 Å². The lowest BCUT2D eigenvalue weighted by Crippen LogP contribution is -2.31. The molecule has 0 aliphatic rings. The minimum Gasteiger partial charge on any atom is -0.324 e. The summed E-state index contributed by atoms with van der Waals surface area (Å²) in [6.07, 6.45) is 4.52. The number of hydrogen-bond acceptors (Lipinski definition) is 8.